The van der Waals surface area contributed by atoms with Crippen LogP contribution >= 0.6 is 0 Å². The van der Waals surface area contributed by atoms with E-state index in [4.69, 9.17) is 0 Å². The molecule has 0 saturated heterocycles. The van der Waals surface area contributed by atoms with Crippen LogP contribution < -0.4 is 0 Å². The zero-order valence-corrected chi connectivity index (χ0v) is 10.2. The van der Waals surface area contributed by atoms with Crippen molar-refractivity contribution in [1.82, 2.24) is 19.3 Å². The summed E-state index contributed by atoms with van der Waals surface area (Å²) < 4.78 is 3.95. The molecule has 4 nitrogen and oxygen atoms in total. The highest BCUT2D eigenvalue weighted by Gasteiger charge is 2.07. The van der Waals surface area contributed by atoms with Crippen molar-refractivity contribution in [2.75, 3.05) is 0 Å². The lowest BCUT2D eigenvalue weighted by Gasteiger charge is -2.01. The van der Waals surface area contributed by atoms with Crippen LogP contribution in [-0.4, -0.2) is 19.3 Å². The zero-order valence-electron chi connectivity index (χ0n) is 10.2. The maximum atomic E-state index is 4.54. The normalized spacial score (nSPS) is 10.7. The van der Waals surface area contributed by atoms with Gasteiger partial charge in [0.1, 0.15) is 0 Å². The smallest absolute Gasteiger partial charge is 0.0949 e. The van der Waals surface area contributed by atoms with Gasteiger partial charge < -0.3 is 4.57 Å². The first kappa shape index (κ1) is 10.8. The van der Waals surface area contributed by atoms with Crippen LogP contribution in [0.3, 0.4) is 0 Å². The molecule has 2 aromatic heterocycles. The van der Waals surface area contributed by atoms with Crippen LogP contribution in [0.5, 0.6) is 0 Å². The van der Waals surface area contributed by atoms with Crippen molar-refractivity contribution in [1.29, 1.82) is 0 Å². The van der Waals surface area contributed by atoms with Gasteiger partial charge in [-0.15, -0.1) is 0 Å². The Morgan fingerprint density at radius 1 is 1.17 bits per heavy atom. The number of benzene rings is 1. The van der Waals surface area contributed by atoms with Gasteiger partial charge in [-0.2, -0.15) is 5.10 Å². The van der Waals surface area contributed by atoms with Gasteiger partial charge in [-0.05, 0) is 6.07 Å². The molecule has 0 aliphatic heterocycles. The molecule has 0 bridgehead atoms. The molecule has 0 aliphatic carbocycles. The Balaban J connectivity index is 1.91. The van der Waals surface area contributed by atoms with Crippen LogP contribution in [0.2, 0.25) is 0 Å². The maximum absolute atomic E-state index is 4.54. The summed E-state index contributed by atoms with van der Waals surface area (Å²) in [7, 11) is 1.97. The molecule has 90 valence electrons. The van der Waals surface area contributed by atoms with E-state index in [0.717, 1.165) is 23.5 Å². The van der Waals surface area contributed by atoms with Gasteiger partial charge in [0.15, 0.2) is 0 Å². The van der Waals surface area contributed by atoms with Gasteiger partial charge in [0.2, 0.25) is 0 Å². The Labute approximate surface area is 106 Å². The van der Waals surface area contributed by atoms with E-state index in [0.29, 0.717) is 0 Å². The Morgan fingerprint density at radius 2 is 2.00 bits per heavy atom. The van der Waals surface area contributed by atoms with E-state index in [2.05, 4.69) is 28.3 Å². The van der Waals surface area contributed by atoms with Crippen LogP contribution in [0, 0.1) is 0 Å². The molecule has 0 aliphatic rings. The lowest BCUT2D eigenvalue weighted by atomic mass is 10.1. The summed E-state index contributed by atoms with van der Waals surface area (Å²) in [5, 5.41) is 4.54. The monoisotopic (exact) mass is 238 g/mol. The number of rotatable bonds is 3. The molecule has 4 heteroatoms. The minimum atomic E-state index is 0.788. The summed E-state index contributed by atoms with van der Waals surface area (Å²) in [5.41, 5.74) is 3.31. The van der Waals surface area contributed by atoms with Gasteiger partial charge >= 0.3 is 0 Å². The van der Waals surface area contributed by atoms with Gasteiger partial charge in [-0.3, -0.25) is 4.68 Å². The molecule has 3 rings (SSSR count). The van der Waals surface area contributed by atoms with Crippen molar-refractivity contribution >= 4 is 0 Å². The van der Waals surface area contributed by atoms with E-state index >= 15 is 0 Å². The number of aryl methyl sites for hydroxylation is 1. The molecule has 0 atom stereocenters. The molecule has 0 fully saturated rings. The Kier molecular flexibility index (Phi) is 2.68. The summed E-state index contributed by atoms with van der Waals surface area (Å²) in [5.74, 6) is 0. The molecular formula is C14H14N4. The third-order valence-corrected chi connectivity index (χ3v) is 2.95. The highest BCUT2D eigenvalue weighted by Crippen LogP contribution is 2.18. The third-order valence-electron chi connectivity index (χ3n) is 2.95. The van der Waals surface area contributed by atoms with Crippen molar-refractivity contribution in [3.63, 3.8) is 0 Å². The first-order chi connectivity index (χ1) is 8.83. The fraction of sp³-hybridized carbons (Fsp3) is 0.143. The van der Waals surface area contributed by atoms with Crippen molar-refractivity contribution in [2.24, 2.45) is 7.05 Å². The fourth-order valence-electron chi connectivity index (χ4n) is 1.97. The molecular weight excluding hydrogens is 224 g/mol. The lowest BCUT2D eigenvalue weighted by Crippen LogP contribution is -2.03. The van der Waals surface area contributed by atoms with Crippen LogP contribution in [0.15, 0.2) is 55.1 Å². The minimum absolute atomic E-state index is 0.788. The third kappa shape index (κ3) is 2.05. The van der Waals surface area contributed by atoms with Gasteiger partial charge in [0.25, 0.3) is 0 Å². The number of hydrogen-bond acceptors (Lipinski definition) is 2. The van der Waals surface area contributed by atoms with E-state index in [1.54, 1.807) is 6.20 Å². The van der Waals surface area contributed by atoms with Crippen LogP contribution in [0.25, 0.3) is 11.3 Å². The lowest BCUT2D eigenvalue weighted by molar-refractivity contribution is 0.667. The van der Waals surface area contributed by atoms with E-state index in [9.17, 15) is 0 Å². The first-order valence-electron chi connectivity index (χ1n) is 5.87. The van der Waals surface area contributed by atoms with Gasteiger partial charge in [0.05, 0.1) is 24.3 Å². The number of hydrogen-bond donors (Lipinski definition) is 0. The predicted molar refractivity (Wildman–Crippen MR) is 70.0 cm³/mol. The average Bonchev–Trinajstić information content (AvgIpc) is 3.02. The highest BCUT2D eigenvalue weighted by atomic mass is 15.3. The van der Waals surface area contributed by atoms with Crippen LogP contribution in [0.4, 0.5) is 0 Å². The van der Waals surface area contributed by atoms with E-state index in [1.807, 2.05) is 47.0 Å². The topological polar surface area (TPSA) is 35.6 Å². The Morgan fingerprint density at radius 3 is 2.72 bits per heavy atom. The van der Waals surface area contributed by atoms with Crippen molar-refractivity contribution < 1.29 is 0 Å². The molecule has 0 radical (unpaired) electrons. The van der Waals surface area contributed by atoms with Crippen LogP contribution in [-0.2, 0) is 13.6 Å². The molecule has 3 aromatic rings. The van der Waals surface area contributed by atoms with E-state index < -0.39 is 0 Å². The summed E-state index contributed by atoms with van der Waals surface area (Å²) in [6, 6.07) is 12.3. The van der Waals surface area contributed by atoms with Crippen molar-refractivity contribution in [3.8, 4) is 11.3 Å². The van der Waals surface area contributed by atoms with Crippen molar-refractivity contribution in [3.05, 3.63) is 60.8 Å². The average molecular weight is 238 g/mol. The molecule has 0 saturated carbocycles. The summed E-state index contributed by atoms with van der Waals surface area (Å²) in [6.07, 6.45) is 5.55. The maximum Gasteiger partial charge on any atom is 0.0949 e. The molecule has 0 amide bonds. The zero-order chi connectivity index (χ0) is 12.4. The minimum Gasteiger partial charge on any atom is -0.332 e. The van der Waals surface area contributed by atoms with Crippen LogP contribution in [0.1, 0.15) is 5.69 Å². The molecule has 2 heterocycles. The summed E-state index contributed by atoms with van der Waals surface area (Å²) in [4.78, 5) is 4.05. The molecule has 18 heavy (non-hydrogen) atoms. The van der Waals surface area contributed by atoms with E-state index in [1.165, 1.54) is 0 Å². The fourth-order valence-corrected chi connectivity index (χ4v) is 1.97. The SMILES string of the molecule is Cn1nc(-c2ccccc2)cc1Cn1ccnc1. The van der Waals surface area contributed by atoms with E-state index in [-0.39, 0.29) is 0 Å². The highest BCUT2D eigenvalue weighted by molar-refractivity contribution is 5.59. The Bertz CT molecular complexity index is 623. The summed E-state index contributed by atoms with van der Waals surface area (Å²) in [6.45, 7) is 0.788. The van der Waals surface area contributed by atoms with Gasteiger partial charge in [0, 0.05) is 25.0 Å². The molecule has 1 aromatic carbocycles. The number of imidazole rings is 1. The molecule has 0 spiro atoms. The second-order valence-corrected chi connectivity index (χ2v) is 4.25. The second kappa shape index (κ2) is 4.49. The number of aromatic nitrogens is 4. The molecule has 0 N–H and O–H groups in total. The number of nitrogens with zero attached hydrogens (tertiary/aromatic N) is 4. The predicted octanol–water partition coefficient (Wildman–Crippen LogP) is 2.33. The van der Waals surface area contributed by atoms with Gasteiger partial charge in [-0.1, -0.05) is 30.3 Å². The summed E-state index contributed by atoms with van der Waals surface area (Å²) >= 11 is 0. The van der Waals surface area contributed by atoms with Gasteiger partial charge in [-0.25, -0.2) is 4.98 Å². The largest absolute Gasteiger partial charge is 0.332 e. The first-order valence-corrected chi connectivity index (χ1v) is 5.87. The quantitative estimate of drug-likeness (QED) is 0.702. The Hall–Kier alpha value is -2.36. The second-order valence-electron chi connectivity index (χ2n) is 4.25. The van der Waals surface area contributed by atoms with Crippen molar-refractivity contribution in [2.45, 2.75) is 6.54 Å². The molecule has 0 unspecified atom stereocenters. The standard InChI is InChI=1S/C14H14N4/c1-17-13(10-18-8-7-15-11-18)9-14(16-17)12-5-3-2-4-6-12/h2-9,11H,10H2,1H3.